The number of hydrogen-bond acceptors (Lipinski definition) is 9. The Morgan fingerprint density at radius 1 is 1.09 bits per heavy atom. The number of fused-ring (bicyclic) bond motifs is 1. The molecule has 0 aromatic carbocycles. The Kier molecular flexibility index (Phi) is 5.03. The predicted octanol–water partition coefficient (Wildman–Crippen LogP) is 4.53. The Bertz CT molecular complexity index is 1480. The molecule has 1 saturated carbocycles. The molecule has 5 heterocycles. The molecule has 174 valence electrons. The van der Waals surface area contributed by atoms with Crippen LogP contribution >= 0.6 is 11.3 Å². The van der Waals surface area contributed by atoms with E-state index in [2.05, 4.69) is 49.1 Å². The van der Waals surface area contributed by atoms with E-state index in [4.69, 9.17) is 15.0 Å². The van der Waals surface area contributed by atoms with Crippen molar-refractivity contribution in [2.45, 2.75) is 18.8 Å². The summed E-state index contributed by atoms with van der Waals surface area (Å²) in [4.78, 5) is 26.2. The molecule has 35 heavy (non-hydrogen) atoms. The van der Waals surface area contributed by atoms with Gasteiger partial charge < -0.3 is 15.5 Å². The van der Waals surface area contributed by atoms with Crippen LogP contribution in [-0.2, 0) is 0 Å². The van der Waals surface area contributed by atoms with Gasteiger partial charge in [-0.1, -0.05) is 18.2 Å². The molecular weight excluding hydrogens is 456 g/mol. The lowest BCUT2D eigenvalue weighted by Gasteiger charge is -2.30. The minimum absolute atomic E-state index is 0.639. The summed E-state index contributed by atoms with van der Waals surface area (Å²) in [7, 11) is 0. The van der Waals surface area contributed by atoms with Crippen molar-refractivity contribution in [3.8, 4) is 11.4 Å². The topological polar surface area (TPSA) is 91.8 Å². The highest BCUT2D eigenvalue weighted by molar-refractivity contribution is 7.13. The van der Waals surface area contributed by atoms with Crippen molar-refractivity contribution >= 4 is 44.6 Å². The lowest BCUT2D eigenvalue weighted by Crippen LogP contribution is -2.44. The zero-order chi connectivity index (χ0) is 23.2. The van der Waals surface area contributed by atoms with E-state index in [1.165, 1.54) is 24.1 Å². The highest BCUT2D eigenvalue weighted by Crippen LogP contribution is 2.41. The third-order valence-electron chi connectivity index (χ3n) is 6.64. The number of pyridine rings is 2. The van der Waals surface area contributed by atoms with E-state index in [9.17, 15) is 0 Å². The zero-order valence-corrected chi connectivity index (χ0v) is 19.9. The average Bonchev–Trinajstić information content (AvgIpc) is 3.62. The SMILES string of the molecule is C1=CC(c2cncc3nc(-c4ccnc(Nc5nc(C6CC6)cs5)c4)nc(N4CCNCC4)c23)=C1. The van der Waals surface area contributed by atoms with Gasteiger partial charge in [-0.2, -0.15) is 0 Å². The summed E-state index contributed by atoms with van der Waals surface area (Å²) in [5.41, 5.74) is 5.19. The summed E-state index contributed by atoms with van der Waals surface area (Å²) in [6.45, 7) is 3.67. The largest absolute Gasteiger partial charge is 0.353 e. The van der Waals surface area contributed by atoms with Crippen LogP contribution in [0.25, 0.3) is 27.9 Å². The smallest absolute Gasteiger partial charge is 0.188 e. The van der Waals surface area contributed by atoms with Crippen molar-refractivity contribution in [3.05, 3.63) is 65.6 Å². The monoisotopic (exact) mass is 480 g/mol. The Balaban J connectivity index is 1.29. The molecule has 7 rings (SSSR count). The molecule has 0 radical (unpaired) electrons. The van der Waals surface area contributed by atoms with Gasteiger partial charge in [0.25, 0.3) is 0 Å². The number of nitrogens with zero attached hydrogens (tertiary/aromatic N) is 6. The van der Waals surface area contributed by atoms with Crippen LogP contribution in [0.15, 0.2) is 54.3 Å². The molecule has 3 aliphatic rings. The second-order valence-electron chi connectivity index (χ2n) is 9.08. The summed E-state index contributed by atoms with van der Waals surface area (Å²) < 4.78 is 0. The van der Waals surface area contributed by atoms with Crippen LogP contribution < -0.4 is 15.5 Å². The zero-order valence-electron chi connectivity index (χ0n) is 19.1. The van der Waals surface area contributed by atoms with Crippen LogP contribution in [0, 0.1) is 0 Å². The van der Waals surface area contributed by atoms with Gasteiger partial charge in [0, 0.05) is 61.0 Å². The molecule has 2 N–H and O–H groups in total. The first-order valence-corrected chi connectivity index (χ1v) is 12.9. The number of thiazole rings is 1. The van der Waals surface area contributed by atoms with Crippen molar-refractivity contribution in [2.75, 3.05) is 36.4 Å². The second-order valence-corrected chi connectivity index (χ2v) is 9.93. The molecule has 0 spiro atoms. The number of aromatic nitrogens is 5. The van der Waals surface area contributed by atoms with Crippen molar-refractivity contribution < 1.29 is 0 Å². The lowest BCUT2D eigenvalue weighted by molar-refractivity contribution is 0.586. The molecule has 0 bridgehead atoms. The normalized spacial score (nSPS) is 17.4. The molecule has 0 unspecified atom stereocenters. The van der Waals surface area contributed by atoms with Crippen molar-refractivity contribution in [2.24, 2.45) is 0 Å². The van der Waals surface area contributed by atoms with E-state index < -0.39 is 0 Å². The fourth-order valence-electron chi connectivity index (χ4n) is 4.55. The Morgan fingerprint density at radius 2 is 1.97 bits per heavy atom. The van der Waals surface area contributed by atoms with Crippen LogP contribution in [0.2, 0.25) is 0 Å². The van der Waals surface area contributed by atoms with Gasteiger partial charge in [-0.05, 0) is 30.5 Å². The van der Waals surface area contributed by atoms with Gasteiger partial charge in [-0.25, -0.2) is 19.9 Å². The molecular formula is C26H24N8S. The van der Waals surface area contributed by atoms with Gasteiger partial charge in [0.15, 0.2) is 11.0 Å². The van der Waals surface area contributed by atoms with Crippen LogP contribution in [0.3, 0.4) is 0 Å². The Hall–Kier alpha value is -3.69. The molecule has 8 nitrogen and oxygen atoms in total. The molecule has 2 aliphatic carbocycles. The van der Waals surface area contributed by atoms with Crippen LogP contribution in [-0.4, -0.2) is 51.1 Å². The van der Waals surface area contributed by atoms with Crippen molar-refractivity contribution in [3.63, 3.8) is 0 Å². The minimum Gasteiger partial charge on any atom is -0.353 e. The molecule has 0 amide bonds. The molecule has 4 aromatic rings. The molecule has 9 heteroatoms. The van der Waals surface area contributed by atoms with E-state index in [-0.39, 0.29) is 0 Å². The Morgan fingerprint density at radius 3 is 2.77 bits per heavy atom. The first kappa shape index (κ1) is 20.7. The number of nitrogens with one attached hydrogen (secondary N) is 2. The number of anilines is 3. The minimum atomic E-state index is 0.639. The van der Waals surface area contributed by atoms with Crippen molar-refractivity contribution in [1.82, 2.24) is 30.2 Å². The number of allylic oxidation sites excluding steroid dienone is 4. The Labute approximate surface area is 206 Å². The standard InChI is InChI=1S/C26H24N8S/c1-2-16(3-1)19-13-28-14-20-23(19)25(34-10-8-27-9-11-34)33-24(30-20)18-6-7-29-22(12-18)32-26-31-21(15-35-26)17-4-5-17/h1-3,6-7,12-15,17,27H,4-5,8-11H2,(H,29,31,32). The molecule has 2 fully saturated rings. The maximum atomic E-state index is 5.12. The van der Waals surface area contributed by atoms with E-state index in [0.29, 0.717) is 11.7 Å². The fraction of sp³-hybridized carbons (Fsp3) is 0.269. The second kappa shape index (κ2) is 8.51. The first-order chi connectivity index (χ1) is 17.3. The lowest BCUT2D eigenvalue weighted by atomic mass is 9.97. The summed E-state index contributed by atoms with van der Waals surface area (Å²) in [6.07, 6.45) is 14.3. The van der Waals surface area contributed by atoms with Gasteiger partial charge in [0.2, 0.25) is 0 Å². The third-order valence-corrected chi connectivity index (χ3v) is 7.41. The van der Waals surface area contributed by atoms with Crippen LogP contribution in [0.1, 0.15) is 30.0 Å². The van der Waals surface area contributed by atoms with Gasteiger partial charge in [0.1, 0.15) is 11.6 Å². The summed E-state index contributed by atoms with van der Waals surface area (Å²) >= 11 is 1.62. The predicted molar refractivity (Wildman–Crippen MR) is 140 cm³/mol. The summed E-state index contributed by atoms with van der Waals surface area (Å²) in [5, 5.41) is 10.9. The summed E-state index contributed by atoms with van der Waals surface area (Å²) in [5.74, 6) is 3.01. The molecule has 4 aromatic heterocycles. The number of rotatable bonds is 6. The van der Waals surface area contributed by atoms with Gasteiger partial charge in [0.05, 0.1) is 22.8 Å². The molecule has 1 aliphatic heterocycles. The first-order valence-electron chi connectivity index (χ1n) is 12.0. The van der Waals surface area contributed by atoms with Gasteiger partial charge in [-0.15, -0.1) is 11.3 Å². The molecule has 1 saturated heterocycles. The van der Waals surface area contributed by atoms with E-state index in [0.717, 1.165) is 65.0 Å². The number of piperazine rings is 1. The quantitative estimate of drug-likeness (QED) is 0.416. The highest BCUT2D eigenvalue weighted by Gasteiger charge is 2.26. The number of hydrogen-bond donors (Lipinski definition) is 2. The summed E-state index contributed by atoms with van der Waals surface area (Å²) in [6, 6.07) is 3.95. The maximum Gasteiger partial charge on any atom is 0.188 e. The average molecular weight is 481 g/mol. The molecule has 0 atom stereocenters. The van der Waals surface area contributed by atoms with E-state index >= 15 is 0 Å². The third kappa shape index (κ3) is 3.96. The van der Waals surface area contributed by atoms with Gasteiger partial charge >= 0.3 is 0 Å². The highest BCUT2D eigenvalue weighted by atomic mass is 32.1. The fourth-order valence-corrected chi connectivity index (χ4v) is 5.35. The van der Waals surface area contributed by atoms with Gasteiger partial charge in [-0.3, -0.25) is 4.98 Å². The van der Waals surface area contributed by atoms with Crippen LogP contribution in [0.4, 0.5) is 16.8 Å². The van der Waals surface area contributed by atoms with E-state index in [1.807, 2.05) is 24.5 Å². The van der Waals surface area contributed by atoms with E-state index in [1.54, 1.807) is 17.5 Å². The van der Waals surface area contributed by atoms with Crippen molar-refractivity contribution in [1.29, 1.82) is 0 Å². The maximum absolute atomic E-state index is 5.12. The van der Waals surface area contributed by atoms with Crippen LogP contribution in [0.5, 0.6) is 0 Å².